The second-order valence-corrected chi connectivity index (χ2v) is 4.76. The van der Waals surface area contributed by atoms with Crippen molar-refractivity contribution in [1.29, 1.82) is 5.26 Å². The number of hydrogen-bond acceptors (Lipinski definition) is 4. The van der Waals surface area contributed by atoms with Gasteiger partial charge in [-0.1, -0.05) is 0 Å². The molecule has 0 spiro atoms. The van der Waals surface area contributed by atoms with Crippen molar-refractivity contribution in [2.45, 2.75) is 31.9 Å². The molecule has 1 aliphatic rings. The Bertz CT molecular complexity index is 467. The lowest BCUT2D eigenvalue weighted by atomic mass is 10.1. The van der Waals surface area contributed by atoms with Crippen molar-refractivity contribution in [3.05, 3.63) is 23.8 Å². The number of ether oxygens (including phenoxy) is 1. The van der Waals surface area contributed by atoms with Crippen molar-refractivity contribution in [2.24, 2.45) is 0 Å². The monoisotopic (exact) mass is 245 g/mol. The number of likely N-dealkylation sites (N-methyl/N-ethyl adjacent to an activating group) is 1. The number of nitrogens with zero attached hydrogens (tertiary/aromatic N) is 2. The van der Waals surface area contributed by atoms with E-state index >= 15 is 0 Å². The standard InChI is InChI=1S/C14H19N3O/c1-10-14(6-8-18-10)17(2)12-3-4-13(16)11(9-12)5-7-15/h3-4,9-10,14H,5-6,8,16H2,1-2H3. The van der Waals surface area contributed by atoms with E-state index < -0.39 is 0 Å². The number of rotatable bonds is 3. The van der Waals surface area contributed by atoms with Gasteiger partial charge in [-0.05, 0) is 37.1 Å². The Labute approximate surface area is 108 Å². The highest BCUT2D eigenvalue weighted by molar-refractivity contribution is 5.59. The molecule has 1 fully saturated rings. The van der Waals surface area contributed by atoms with E-state index in [1.807, 2.05) is 18.2 Å². The number of nitrogens with two attached hydrogens (primary N) is 1. The molecule has 2 N–H and O–H groups in total. The largest absolute Gasteiger partial charge is 0.398 e. The lowest BCUT2D eigenvalue weighted by molar-refractivity contribution is 0.118. The Kier molecular flexibility index (Phi) is 3.73. The summed E-state index contributed by atoms with van der Waals surface area (Å²) in [6, 6.07) is 8.42. The Morgan fingerprint density at radius 2 is 2.33 bits per heavy atom. The Balaban J connectivity index is 2.22. The SMILES string of the molecule is CC1OCCC1N(C)c1ccc(N)c(CC#N)c1. The molecule has 2 atom stereocenters. The van der Waals surface area contributed by atoms with Gasteiger partial charge in [-0.2, -0.15) is 5.26 Å². The smallest absolute Gasteiger partial charge is 0.0750 e. The van der Waals surface area contributed by atoms with Crippen LogP contribution in [0.4, 0.5) is 11.4 Å². The zero-order valence-electron chi connectivity index (χ0n) is 10.9. The molecule has 0 aromatic heterocycles. The zero-order valence-corrected chi connectivity index (χ0v) is 10.9. The summed E-state index contributed by atoms with van der Waals surface area (Å²) in [4.78, 5) is 2.22. The van der Waals surface area contributed by atoms with Crippen LogP contribution in [0.3, 0.4) is 0 Å². The molecule has 1 aromatic rings. The number of nitriles is 1. The quantitative estimate of drug-likeness (QED) is 0.827. The molecular weight excluding hydrogens is 226 g/mol. The molecule has 1 aliphatic heterocycles. The van der Waals surface area contributed by atoms with E-state index in [4.69, 9.17) is 15.7 Å². The molecule has 2 rings (SSSR count). The number of anilines is 2. The predicted molar refractivity (Wildman–Crippen MR) is 72.4 cm³/mol. The number of hydrogen-bond donors (Lipinski definition) is 1. The molecule has 0 radical (unpaired) electrons. The van der Waals surface area contributed by atoms with Crippen LogP contribution in [0.25, 0.3) is 0 Å². The Morgan fingerprint density at radius 3 is 2.94 bits per heavy atom. The van der Waals surface area contributed by atoms with Crippen LogP contribution in [-0.4, -0.2) is 25.8 Å². The zero-order chi connectivity index (χ0) is 13.1. The molecule has 4 nitrogen and oxygen atoms in total. The molecule has 1 aromatic carbocycles. The minimum Gasteiger partial charge on any atom is -0.398 e. The summed E-state index contributed by atoms with van der Waals surface area (Å²) in [6.07, 6.45) is 1.63. The van der Waals surface area contributed by atoms with Crippen molar-refractivity contribution in [3.8, 4) is 6.07 Å². The first kappa shape index (κ1) is 12.7. The summed E-state index contributed by atoms with van der Waals surface area (Å²) in [5.41, 5.74) is 8.54. The normalized spacial score (nSPS) is 22.7. The highest BCUT2D eigenvalue weighted by Gasteiger charge is 2.28. The van der Waals surface area contributed by atoms with E-state index in [-0.39, 0.29) is 6.10 Å². The predicted octanol–water partition coefficient (Wildman–Crippen LogP) is 1.95. The third-order valence-electron chi connectivity index (χ3n) is 3.64. The summed E-state index contributed by atoms with van der Waals surface area (Å²) in [7, 11) is 2.07. The van der Waals surface area contributed by atoms with Gasteiger partial charge in [0.05, 0.1) is 24.6 Å². The minimum absolute atomic E-state index is 0.243. The lowest BCUT2D eigenvalue weighted by Crippen LogP contribution is -2.36. The lowest BCUT2D eigenvalue weighted by Gasteiger charge is -2.29. The fourth-order valence-corrected chi connectivity index (χ4v) is 2.47. The first-order chi connectivity index (χ1) is 8.63. The van der Waals surface area contributed by atoms with Crippen molar-refractivity contribution < 1.29 is 4.74 Å². The maximum Gasteiger partial charge on any atom is 0.0750 e. The van der Waals surface area contributed by atoms with Gasteiger partial charge in [-0.3, -0.25) is 0 Å². The van der Waals surface area contributed by atoms with Crippen LogP contribution in [0.1, 0.15) is 18.9 Å². The van der Waals surface area contributed by atoms with Crippen molar-refractivity contribution in [1.82, 2.24) is 0 Å². The molecule has 18 heavy (non-hydrogen) atoms. The van der Waals surface area contributed by atoms with Gasteiger partial charge >= 0.3 is 0 Å². The fourth-order valence-electron chi connectivity index (χ4n) is 2.47. The Hall–Kier alpha value is -1.73. The molecular formula is C14H19N3O. The molecule has 0 amide bonds. The van der Waals surface area contributed by atoms with Crippen molar-refractivity contribution >= 4 is 11.4 Å². The summed E-state index contributed by atoms with van der Waals surface area (Å²) in [6.45, 7) is 2.91. The van der Waals surface area contributed by atoms with Crippen LogP contribution in [0.15, 0.2) is 18.2 Å². The van der Waals surface area contributed by atoms with Crippen molar-refractivity contribution in [3.63, 3.8) is 0 Å². The maximum absolute atomic E-state index is 8.79. The maximum atomic E-state index is 8.79. The van der Waals surface area contributed by atoms with E-state index in [2.05, 4.69) is 24.9 Å². The summed E-state index contributed by atoms with van der Waals surface area (Å²) in [5.74, 6) is 0. The van der Waals surface area contributed by atoms with E-state index in [0.717, 1.165) is 24.3 Å². The average Bonchev–Trinajstić information content (AvgIpc) is 2.78. The van der Waals surface area contributed by atoms with Crippen LogP contribution >= 0.6 is 0 Å². The van der Waals surface area contributed by atoms with Crippen LogP contribution in [0.2, 0.25) is 0 Å². The van der Waals surface area contributed by atoms with Gasteiger partial charge in [-0.15, -0.1) is 0 Å². The number of nitrogen functional groups attached to an aromatic ring is 1. The third-order valence-corrected chi connectivity index (χ3v) is 3.64. The van der Waals surface area contributed by atoms with Gasteiger partial charge in [0, 0.05) is 25.0 Å². The first-order valence-electron chi connectivity index (χ1n) is 6.23. The molecule has 0 saturated carbocycles. The van der Waals surface area contributed by atoms with Crippen LogP contribution in [0.5, 0.6) is 0 Å². The molecule has 96 valence electrons. The van der Waals surface area contributed by atoms with Crippen LogP contribution in [-0.2, 0) is 11.2 Å². The van der Waals surface area contributed by atoms with Gasteiger partial charge in [0.25, 0.3) is 0 Å². The topological polar surface area (TPSA) is 62.3 Å². The molecule has 1 saturated heterocycles. The first-order valence-corrected chi connectivity index (χ1v) is 6.23. The van der Waals surface area contributed by atoms with E-state index in [0.29, 0.717) is 18.2 Å². The van der Waals surface area contributed by atoms with Crippen molar-refractivity contribution in [2.75, 3.05) is 24.3 Å². The van der Waals surface area contributed by atoms with Gasteiger partial charge in [0.2, 0.25) is 0 Å². The van der Waals surface area contributed by atoms with Gasteiger partial charge in [0.1, 0.15) is 0 Å². The van der Waals surface area contributed by atoms with E-state index in [1.54, 1.807) is 0 Å². The second kappa shape index (κ2) is 5.28. The molecule has 0 aliphatic carbocycles. The number of benzene rings is 1. The molecule has 1 heterocycles. The van der Waals surface area contributed by atoms with Gasteiger partial charge in [0.15, 0.2) is 0 Å². The van der Waals surface area contributed by atoms with Gasteiger partial charge in [-0.25, -0.2) is 0 Å². The van der Waals surface area contributed by atoms with Gasteiger partial charge < -0.3 is 15.4 Å². The van der Waals surface area contributed by atoms with E-state index in [1.165, 1.54) is 0 Å². The molecule has 4 heteroatoms. The second-order valence-electron chi connectivity index (χ2n) is 4.76. The average molecular weight is 245 g/mol. The highest BCUT2D eigenvalue weighted by Crippen LogP contribution is 2.27. The van der Waals surface area contributed by atoms with Crippen LogP contribution < -0.4 is 10.6 Å². The third kappa shape index (κ3) is 2.41. The van der Waals surface area contributed by atoms with Crippen LogP contribution in [0, 0.1) is 11.3 Å². The fraction of sp³-hybridized carbons (Fsp3) is 0.500. The molecule has 0 bridgehead atoms. The summed E-state index contributed by atoms with van der Waals surface area (Å²) < 4.78 is 5.59. The Morgan fingerprint density at radius 1 is 1.56 bits per heavy atom. The summed E-state index contributed by atoms with van der Waals surface area (Å²) >= 11 is 0. The minimum atomic E-state index is 0.243. The highest BCUT2D eigenvalue weighted by atomic mass is 16.5. The summed E-state index contributed by atoms with van der Waals surface area (Å²) in [5, 5.41) is 8.79. The van der Waals surface area contributed by atoms with E-state index in [9.17, 15) is 0 Å². The molecule has 2 unspecified atom stereocenters.